The first-order chi connectivity index (χ1) is 13.6. The molecule has 2 aliphatic heterocycles. The van der Waals surface area contributed by atoms with E-state index in [-0.39, 0.29) is 18.3 Å². The van der Waals surface area contributed by atoms with Gasteiger partial charge in [-0.25, -0.2) is 13.5 Å². The molecule has 1 N–H and O–H groups in total. The van der Waals surface area contributed by atoms with Crippen LogP contribution in [-0.2, 0) is 12.8 Å². The first kappa shape index (κ1) is 20.3. The molecule has 0 unspecified atom stereocenters. The standard InChI is InChI=1S/C21H24F2N4O.ClH/c22-17-5-4-15(10-18(17)23)27-19-3-1-2-16(19)20(25-27)21(28)26-8-6-13-11-24-12-14(13)7-9-26;/h4-5,10,13-14,24H,1-3,6-9,11-12H2;1H/t13-,14+;. The molecular formula is C21H25ClF2N4O. The third-order valence-corrected chi connectivity index (χ3v) is 6.59. The maximum atomic E-state index is 13.7. The molecule has 2 fully saturated rings. The number of carbonyl (C=O) groups is 1. The lowest BCUT2D eigenvalue weighted by atomic mass is 9.92. The molecular weight excluding hydrogens is 398 g/mol. The van der Waals surface area contributed by atoms with Crippen LogP contribution in [0.15, 0.2) is 18.2 Å². The van der Waals surface area contributed by atoms with E-state index >= 15 is 0 Å². The Balaban J connectivity index is 0.00000205. The van der Waals surface area contributed by atoms with E-state index in [4.69, 9.17) is 0 Å². The average Bonchev–Trinajstić information content (AvgIpc) is 3.38. The summed E-state index contributed by atoms with van der Waals surface area (Å²) in [5.74, 6) is -0.493. The molecule has 5 nitrogen and oxygen atoms in total. The Kier molecular flexibility index (Phi) is 5.62. The van der Waals surface area contributed by atoms with Gasteiger partial charge in [0.25, 0.3) is 5.91 Å². The van der Waals surface area contributed by atoms with Crippen molar-refractivity contribution in [3.63, 3.8) is 0 Å². The van der Waals surface area contributed by atoms with E-state index in [1.54, 1.807) is 4.68 Å². The zero-order valence-electron chi connectivity index (χ0n) is 16.2. The molecule has 2 saturated heterocycles. The van der Waals surface area contributed by atoms with E-state index in [2.05, 4.69) is 10.4 Å². The number of hydrogen-bond donors (Lipinski definition) is 1. The number of rotatable bonds is 2. The van der Waals surface area contributed by atoms with Crippen LogP contribution in [0.25, 0.3) is 5.69 Å². The summed E-state index contributed by atoms with van der Waals surface area (Å²) in [4.78, 5) is 15.2. The molecule has 1 aromatic heterocycles. The van der Waals surface area contributed by atoms with Gasteiger partial charge in [-0.3, -0.25) is 4.79 Å². The van der Waals surface area contributed by atoms with Gasteiger partial charge in [0, 0.05) is 30.4 Å². The van der Waals surface area contributed by atoms with Crippen molar-refractivity contribution < 1.29 is 13.6 Å². The Labute approximate surface area is 174 Å². The molecule has 2 atom stereocenters. The second-order valence-electron chi connectivity index (χ2n) is 8.19. The second-order valence-corrected chi connectivity index (χ2v) is 8.19. The van der Waals surface area contributed by atoms with Gasteiger partial charge in [0.15, 0.2) is 17.3 Å². The van der Waals surface area contributed by atoms with Crippen molar-refractivity contribution in [1.29, 1.82) is 0 Å². The maximum Gasteiger partial charge on any atom is 0.274 e. The van der Waals surface area contributed by atoms with Crippen molar-refractivity contribution in [2.75, 3.05) is 26.2 Å². The van der Waals surface area contributed by atoms with Crippen LogP contribution in [0, 0.1) is 23.5 Å². The van der Waals surface area contributed by atoms with Crippen molar-refractivity contribution in [2.24, 2.45) is 11.8 Å². The molecule has 3 heterocycles. The van der Waals surface area contributed by atoms with Crippen LogP contribution in [0.3, 0.4) is 0 Å². The highest BCUT2D eigenvalue weighted by atomic mass is 35.5. The molecule has 156 valence electrons. The zero-order chi connectivity index (χ0) is 19.3. The first-order valence-corrected chi connectivity index (χ1v) is 10.2. The smallest absolute Gasteiger partial charge is 0.274 e. The van der Waals surface area contributed by atoms with Gasteiger partial charge in [-0.2, -0.15) is 5.10 Å². The van der Waals surface area contributed by atoms with E-state index in [1.165, 1.54) is 6.07 Å². The van der Waals surface area contributed by atoms with E-state index in [1.807, 2.05) is 4.90 Å². The predicted molar refractivity (Wildman–Crippen MR) is 108 cm³/mol. The minimum Gasteiger partial charge on any atom is -0.337 e. The molecule has 1 aromatic carbocycles. The molecule has 5 rings (SSSR count). The predicted octanol–water partition coefficient (Wildman–Crippen LogP) is 3.13. The van der Waals surface area contributed by atoms with Gasteiger partial charge in [0.05, 0.1) is 5.69 Å². The van der Waals surface area contributed by atoms with Gasteiger partial charge in [-0.1, -0.05) is 0 Å². The topological polar surface area (TPSA) is 50.2 Å². The molecule has 0 saturated carbocycles. The number of benzene rings is 1. The highest BCUT2D eigenvalue weighted by Gasteiger charge is 2.34. The van der Waals surface area contributed by atoms with E-state index in [0.29, 0.717) is 23.2 Å². The Morgan fingerprint density at radius 1 is 1.07 bits per heavy atom. The Morgan fingerprint density at radius 3 is 2.48 bits per heavy atom. The molecule has 3 aliphatic rings. The normalized spacial score (nSPS) is 23.3. The van der Waals surface area contributed by atoms with Crippen molar-refractivity contribution in [2.45, 2.75) is 32.1 Å². The quantitative estimate of drug-likeness (QED) is 0.809. The largest absolute Gasteiger partial charge is 0.337 e. The Morgan fingerprint density at radius 2 is 1.79 bits per heavy atom. The molecule has 0 radical (unpaired) electrons. The van der Waals surface area contributed by atoms with E-state index in [9.17, 15) is 13.6 Å². The van der Waals surface area contributed by atoms with Crippen LogP contribution >= 0.6 is 12.4 Å². The van der Waals surface area contributed by atoms with E-state index < -0.39 is 11.6 Å². The molecule has 0 bridgehead atoms. The number of carbonyl (C=O) groups excluding carboxylic acids is 1. The van der Waals surface area contributed by atoms with Gasteiger partial charge < -0.3 is 10.2 Å². The third kappa shape index (κ3) is 3.55. The number of aromatic nitrogens is 2. The van der Waals surface area contributed by atoms with Crippen LogP contribution in [0.1, 0.15) is 41.0 Å². The number of amides is 1. The third-order valence-electron chi connectivity index (χ3n) is 6.59. The number of nitrogens with one attached hydrogen (secondary N) is 1. The number of halogens is 3. The SMILES string of the molecule is Cl.O=C(c1nn(-c2ccc(F)c(F)c2)c2c1CCC2)N1CC[C@@H]2CNC[C@@H]2CC1. The molecule has 1 aliphatic carbocycles. The number of hydrogen-bond acceptors (Lipinski definition) is 3. The van der Waals surface area contributed by atoms with Crippen LogP contribution < -0.4 is 5.32 Å². The molecule has 8 heteroatoms. The van der Waals surface area contributed by atoms with E-state index in [0.717, 1.165) is 81.7 Å². The van der Waals surface area contributed by atoms with Crippen LogP contribution in [0.4, 0.5) is 8.78 Å². The Hall–Kier alpha value is -1.99. The summed E-state index contributed by atoms with van der Waals surface area (Å²) < 4.78 is 28.7. The highest BCUT2D eigenvalue weighted by Crippen LogP contribution is 2.31. The maximum absolute atomic E-state index is 13.7. The summed E-state index contributed by atoms with van der Waals surface area (Å²) in [6.45, 7) is 3.61. The summed E-state index contributed by atoms with van der Waals surface area (Å²) >= 11 is 0. The minimum atomic E-state index is -0.903. The van der Waals surface area contributed by atoms with Gasteiger partial charge in [-0.05, 0) is 69.2 Å². The summed E-state index contributed by atoms with van der Waals surface area (Å²) in [7, 11) is 0. The van der Waals surface area contributed by atoms with Crippen molar-refractivity contribution in [3.8, 4) is 5.69 Å². The minimum absolute atomic E-state index is 0. The number of likely N-dealkylation sites (tertiary alicyclic amines) is 1. The summed E-state index contributed by atoms with van der Waals surface area (Å²) in [6, 6.07) is 3.77. The first-order valence-electron chi connectivity index (χ1n) is 10.2. The molecule has 29 heavy (non-hydrogen) atoms. The van der Waals surface area contributed by atoms with Gasteiger partial charge in [0.2, 0.25) is 0 Å². The van der Waals surface area contributed by atoms with Crippen LogP contribution in [0.5, 0.6) is 0 Å². The fraction of sp³-hybridized carbons (Fsp3) is 0.524. The fourth-order valence-electron chi connectivity index (χ4n) is 5.01. The summed E-state index contributed by atoms with van der Waals surface area (Å²) in [5, 5.41) is 8.03. The average molecular weight is 423 g/mol. The summed E-state index contributed by atoms with van der Waals surface area (Å²) in [5.41, 5.74) is 2.88. The molecule has 2 aromatic rings. The molecule has 1 amide bonds. The van der Waals surface area contributed by atoms with Crippen molar-refractivity contribution >= 4 is 18.3 Å². The van der Waals surface area contributed by atoms with Crippen LogP contribution in [0.2, 0.25) is 0 Å². The zero-order valence-corrected chi connectivity index (χ0v) is 17.0. The Bertz CT molecular complexity index is 918. The van der Waals surface area contributed by atoms with Gasteiger partial charge >= 0.3 is 0 Å². The lowest BCUT2D eigenvalue weighted by Gasteiger charge is -2.20. The summed E-state index contributed by atoms with van der Waals surface area (Å²) in [6.07, 6.45) is 4.60. The lowest BCUT2D eigenvalue weighted by Crippen LogP contribution is -2.33. The van der Waals surface area contributed by atoms with Crippen molar-refractivity contribution in [3.05, 3.63) is 46.8 Å². The second kappa shape index (κ2) is 8.03. The van der Waals surface area contributed by atoms with Crippen molar-refractivity contribution in [1.82, 2.24) is 20.0 Å². The fourth-order valence-corrected chi connectivity index (χ4v) is 5.01. The molecule has 0 spiro atoms. The number of fused-ring (bicyclic) bond motifs is 2. The van der Waals surface area contributed by atoms with Crippen LogP contribution in [-0.4, -0.2) is 46.8 Å². The lowest BCUT2D eigenvalue weighted by molar-refractivity contribution is 0.0751. The highest BCUT2D eigenvalue weighted by molar-refractivity contribution is 5.94. The van der Waals surface area contributed by atoms with Gasteiger partial charge in [-0.15, -0.1) is 12.4 Å². The number of nitrogens with zero attached hydrogens (tertiary/aromatic N) is 3. The van der Waals surface area contributed by atoms with Gasteiger partial charge in [0.1, 0.15) is 0 Å². The monoisotopic (exact) mass is 422 g/mol.